The maximum atomic E-state index is 11.6. The number of aryl methyl sites for hydroxylation is 2. The third-order valence-electron chi connectivity index (χ3n) is 3.04. The first kappa shape index (κ1) is 16.2. The third kappa shape index (κ3) is 7.56. The van der Waals surface area contributed by atoms with E-state index in [0.29, 0.717) is 19.5 Å². The van der Waals surface area contributed by atoms with Crippen LogP contribution in [-0.4, -0.2) is 24.9 Å². The fourth-order valence-corrected chi connectivity index (χ4v) is 1.88. The van der Waals surface area contributed by atoms with E-state index in [9.17, 15) is 9.59 Å². The minimum Gasteiger partial charge on any atom is -0.356 e. The van der Waals surface area contributed by atoms with E-state index in [1.54, 1.807) is 0 Å². The van der Waals surface area contributed by atoms with E-state index in [0.717, 1.165) is 19.3 Å². The lowest BCUT2D eigenvalue weighted by Crippen LogP contribution is -2.28. The van der Waals surface area contributed by atoms with Gasteiger partial charge in [-0.1, -0.05) is 29.8 Å². The van der Waals surface area contributed by atoms with Crippen molar-refractivity contribution in [1.29, 1.82) is 0 Å². The SMILES string of the molecule is CC(=O)NCCCNC(=O)CCCc1ccc(C)cc1. The zero-order valence-corrected chi connectivity index (χ0v) is 12.4. The Morgan fingerprint density at radius 1 is 1.00 bits per heavy atom. The number of rotatable bonds is 8. The number of carbonyl (C=O) groups is 2. The Bertz CT molecular complexity index is 427. The monoisotopic (exact) mass is 276 g/mol. The summed E-state index contributed by atoms with van der Waals surface area (Å²) in [5.41, 5.74) is 2.53. The first-order valence-corrected chi connectivity index (χ1v) is 7.14. The molecule has 0 heterocycles. The number of hydrogen-bond acceptors (Lipinski definition) is 2. The van der Waals surface area contributed by atoms with Crippen LogP contribution in [0.3, 0.4) is 0 Å². The van der Waals surface area contributed by atoms with Crippen molar-refractivity contribution in [3.63, 3.8) is 0 Å². The first-order chi connectivity index (χ1) is 9.58. The van der Waals surface area contributed by atoms with Gasteiger partial charge in [0.05, 0.1) is 0 Å². The highest BCUT2D eigenvalue weighted by Crippen LogP contribution is 2.07. The molecule has 1 aromatic rings. The Hall–Kier alpha value is -1.84. The van der Waals surface area contributed by atoms with E-state index in [-0.39, 0.29) is 11.8 Å². The standard InChI is InChI=1S/C16H24N2O2/c1-13-7-9-15(10-8-13)5-3-6-16(20)18-12-4-11-17-14(2)19/h7-10H,3-6,11-12H2,1-2H3,(H,17,19)(H,18,20). The molecule has 1 rings (SSSR count). The largest absolute Gasteiger partial charge is 0.356 e. The Balaban J connectivity index is 2.05. The topological polar surface area (TPSA) is 58.2 Å². The van der Waals surface area contributed by atoms with Crippen LogP contribution in [0.15, 0.2) is 24.3 Å². The van der Waals surface area contributed by atoms with Crippen molar-refractivity contribution < 1.29 is 9.59 Å². The van der Waals surface area contributed by atoms with Crippen molar-refractivity contribution in [2.75, 3.05) is 13.1 Å². The number of hydrogen-bond donors (Lipinski definition) is 2. The van der Waals surface area contributed by atoms with Gasteiger partial charge in [-0.15, -0.1) is 0 Å². The Morgan fingerprint density at radius 2 is 1.65 bits per heavy atom. The van der Waals surface area contributed by atoms with Crippen molar-refractivity contribution in [2.45, 2.75) is 39.5 Å². The molecule has 0 saturated carbocycles. The number of benzene rings is 1. The molecule has 2 amide bonds. The lowest BCUT2D eigenvalue weighted by atomic mass is 10.1. The molecule has 1 aromatic carbocycles. The highest BCUT2D eigenvalue weighted by molar-refractivity contribution is 5.75. The Kier molecular flexibility index (Phi) is 7.40. The van der Waals surface area contributed by atoms with Gasteiger partial charge in [0.1, 0.15) is 0 Å². The van der Waals surface area contributed by atoms with Crippen molar-refractivity contribution >= 4 is 11.8 Å². The van der Waals surface area contributed by atoms with Gasteiger partial charge in [-0.2, -0.15) is 0 Å². The van der Waals surface area contributed by atoms with Gasteiger partial charge in [0.2, 0.25) is 11.8 Å². The summed E-state index contributed by atoms with van der Waals surface area (Å²) in [6.07, 6.45) is 3.11. The summed E-state index contributed by atoms with van der Waals surface area (Å²) in [6.45, 7) is 4.78. The molecule has 0 spiro atoms. The van der Waals surface area contributed by atoms with Crippen LogP contribution < -0.4 is 10.6 Å². The summed E-state index contributed by atoms with van der Waals surface area (Å²) in [6, 6.07) is 8.41. The van der Waals surface area contributed by atoms with Crippen LogP contribution >= 0.6 is 0 Å². The van der Waals surface area contributed by atoms with Crippen molar-refractivity contribution in [2.24, 2.45) is 0 Å². The fourth-order valence-electron chi connectivity index (χ4n) is 1.88. The second kappa shape index (κ2) is 9.13. The number of carbonyl (C=O) groups excluding carboxylic acids is 2. The molecule has 20 heavy (non-hydrogen) atoms. The maximum Gasteiger partial charge on any atom is 0.220 e. The van der Waals surface area contributed by atoms with Gasteiger partial charge in [0.15, 0.2) is 0 Å². The molecule has 4 heteroatoms. The molecule has 0 aromatic heterocycles. The predicted molar refractivity (Wildman–Crippen MR) is 80.4 cm³/mol. The van der Waals surface area contributed by atoms with E-state index in [1.807, 2.05) is 0 Å². The molecule has 0 bridgehead atoms. The summed E-state index contributed by atoms with van der Waals surface area (Å²) < 4.78 is 0. The summed E-state index contributed by atoms with van der Waals surface area (Å²) in [5, 5.41) is 5.56. The summed E-state index contributed by atoms with van der Waals surface area (Å²) in [5.74, 6) is 0.0503. The zero-order chi connectivity index (χ0) is 14.8. The average molecular weight is 276 g/mol. The smallest absolute Gasteiger partial charge is 0.220 e. The molecule has 4 nitrogen and oxygen atoms in total. The van der Waals surface area contributed by atoms with Crippen LogP contribution in [0.5, 0.6) is 0 Å². The van der Waals surface area contributed by atoms with Crippen LogP contribution in [0.25, 0.3) is 0 Å². The minimum absolute atomic E-state index is 0.0329. The highest BCUT2D eigenvalue weighted by atomic mass is 16.2. The number of amides is 2. The molecule has 110 valence electrons. The van der Waals surface area contributed by atoms with E-state index < -0.39 is 0 Å². The molecule has 0 atom stereocenters. The predicted octanol–water partition coefficient (Wildman–Crippen LogP) is 1.96. The normalized spacial score (nSPS) is 10.1. The summed E-state index contributed by atoms with van der Waals surface area (Å²) >= 11 is 0. The van der Waals surface area contributed by atoms with Crippen LogP contribution in [0.2, 0.25) is 0 Å². The molecule has 2 N–H and O–H groups in total. The second-order valence-corrected chi connectivity index (χ2v) is 5.03. The van der Waals surface area contributed by atoms with Gasteiger partial charge >= 0.3 is 0 Å². The van der Waals surface area contributed by atoms with E-state index >= 15 is 0 Å². The van der Waals surface area contributed by atoms with Crippen LogP contribution in [0.4, 0.5) is 0 Å². The molecular weight excluding hydrogens is 252 g/mol. The van der Waals surface area contributed by atoms with Crippen molar-refractivity contribution in [3.8, 4) is 0 Å². The third-order valence-corrected chi connectivity index (χ3v) is 3.04. The first-order valence-electron chi connectivity index (χ1n) is 7.14. The van der Waals surface area contributed by atoms with Gasteiger partial charge in [0, 0.05) is 26.4 Å². The second-order valence-electron chi connectivity index (χ2n) is 5.03. The lowest BCUT2D eigenvalue weighted by molar-refractivity contribution is -0.121. The van der Waals surface area contributed by atoms with Crippen molar-refractivity contribution in [3.05, 3.63) is 35.4 Å². The molecule has 0 aliphatic carbocycles. The maximum absolute atomic E-state index is 11.6. The molecular formula is C16H24N2O2. The molecule has 0 saturated heterocycles. The highest BCUT2D eigenvalue weighted by Gasteiger charge is 2.01. The van der Waals surface area contributed by atoms with Crippen LogP contribution in [0.1, 0.15) is 37.3 Å². The van der Waals surface area contributed by atoms with E-state index in [2.05, 4.69) is 41.8 Å². The molecule has 0 aliphatic heterocycles. The molecule has 0 radical (unpaired) electrons. The average Bonchev–Trinajstić information content (AvgIpc) is 2.40. The van der Waals surface area contributed by atoms with Crippen LogP contribution in [0, 0.1) is 6.92 Å². The quantitative estimate of drug-likeness (QED) is 0.713. The van der Waals surface area contributed by atoms with E-state index in [4.69, 9.17) is 0 Å². The molecule has 0 aliphatic rings. The molecule has 0 fully saturated rings. The van der Waals surface area contributed by atoms with Crippen molar-refractivity contribution in [1.82, 2.24) is 10.6 Å². The fraction of sp³-hybridized carbons (Fsp3) is 0.500. The van der Waals surface area contributed by atoms with Crippen LogP contribution in [-0.2, 0) is 16.0 Å². The zero-order valence-electron chi connectivity index (χ0n) is 12.4. The van der Waals surface area contributed by atoms with Gasteiger partial charge < -0.3 is 10.6 Å². The molecule has 0 unspecified atom stereocenters. The van der Waals surface area contributed by atoms with Gasteiger partial charge in [-0.25, -0.2) is 0 Å². The van der Waals surface area contributed by atoms with E-state index in [1.165, 1.54) is 18.1 Å². The minimum atomic E-state index is -0.0329. The van der Waals surface area contributed by atoms with Gasteiger partial charge in [-0.05, 0) is 31.7 Å². The Labute approximate surface area is 121 Å². The summed E-state index contributed by atoms with van der Waals surface area (Å²) in [7, 11) is 0. The van der Waals surface area contributed by atoms with Gasteiger partial charge in [0.25, 0.3) is 0 Å². The number of nitrogens with one attached hydrogen (secondary N) is 2. The lowest BCUT2D eigenvalue weighted by Gasteiger charge is -2.06. The van der Waals surface area contributed by atoms with Gasteiger partial charge in [-0.3, -0.25) is 9.59 Å². The summed E-state index contributed by atoms with van der Waals surface area (Å²) in [4.78, 5) is 22.2. The Morgan fingerprint density at radius 3 is 2.30 bits per heavy atom.